The first kappa shape index (κ1) is 17.8. The van der Waals surface area contributed by atoms with Gasteiger partial charge >= 0.3 is 5.97 Å². The molecule has 0 aliphatic heterocycles. The van der Waals surface area contributed by atoms with E-state index in [4.69, 9.17) is 4.74 Å². The highest BCUT2D eigenvalue weighted by Crippen LogP contribution is 2.75. The second-order valence-corrected chi connectivity index (χ2v) is 10.7. The van der Waals surface area contributed by atoms with Gasteiger partial charge in [-0.05, 0) is 86.9 Å². The van der Waals surface area contributed by atoms with Crippen LogP contribution in [-0.2, 0) is 9.53 Å². The lowest BCUT2D eigenvalue weighted by molar-refractivity contribution is -0.188. The summed E-state index contributed by atoms with van der Waals surface area (Å²) in [6.07, 6.45) is 11.0. The van der Waals surface area contributed by atoms with E-state index >= 15 is 0 Å². The lowest BCUT2D eigenvalue weighted by Crippen LogP contribution is -2.59. The van der Waals surface area contributed by atoms with Gasteiger partial charge in [0, 0.05) is 12.3 Å². The van der Waals surface area contributed by atoms with Crippen LogP contribution in [0.3, 0.4) is 0 Å². The summed E-state index contributed by atoms with van der Waals surface area (Å²) in [5.41, 5.74) is 0.426. The Kier molecular flexibility index (Phi) is 3.90. The molecular formula is C22H36O3. The standard InChI is InChI=1S/C22H36O3/c1-15(23)25-14-19(2)8-5-9-20(3)18(19)7-6-16-12-17-13-22(16,20)11-10-21(17,4)24/h16-18,24H,5-14H2,1-4H3/t16-,17-,18-,19+,20-,21-,22+/m0/s1. The van der Waals surface area contributed by atoms with Gasteiger partial charge in [0.1, 0.15) is 0 Å². The van der Waals surface area contributed by atoms with Crippen LogP contribution in [0.25, 0.3) is 0 Å². The summed E-state index contributed by atoms with van der Waals surface area (Å²) >= 11 is 0. The van der Waals surface area contributed by atoms with Gasteiger partial charge in [-0.3, -0.25) is 4.79 Å². The van der Waals surface area contributed by atoms with Crippen molar-refractivity contribution in [2.45, 2.75) is 91.1 Å². The highest BCUT2D eigenvalue weighted by atomic mass is 16.5. The summed E-state index contributed by atoms with van der Waals surface area (Å²) in [6.45, 7) is 9.14. The van der Waals surface area contributed by atoms with Crippen molar-refractivity contribution in [3.8, 4) is 0 Å². The molecule has 7 atom stereocenters. The molecule has 142 valence electrons. The number of carbonyl (C=O) groups excluding carboxylic acids is 1. The summed E-state index contributed by atoms with van der Waals surface area (Å²) in [5, 5.41) is 10.9. The van der Waals surface area contributed by atoms with Crippen molar-refractivity contribution < 1.29 is 14.6 Å². The maximum Gasteiger partial charge on any atom is 0.302 e. The van der Waals surface area contributed by atoms with E-state index in [1.54, 1.807) is 0 Å². The second-order valence-electron chi connectivity index (χ2n) is 10.7. The van der Waals surface area contributed by atoms with Crippen molar-refractivity contribution in [1.29, 1.82) is 0 Å². The number of fused-ring (bicyclic) bond motifs is 2. The molecular weight excluding hydrogens is 312 g/mol. The Bertz CT molecular complexity index is 570. The molecule has 3 heteroatoms. The van der Waals surface area contributed by atoms with Crippen LogP contribution in [0.2, 0.25) is 0 Å². The molecule has 0 aromatic carbocycles. The summed E-state index contributed by atoms with van der Waals surface area (Å²) < 4.78 is 5.55. The van der Waals surface area contributed by atoms with Crippen molar-refractivity contribution >= 4 is 5.97 Å². The third-order valence-electron chi connectivity index (χ3n) is 9.52. The summed E-state index contributed by atoms with van der Waals surface area (Å²) in [7, 11) is 0. The van der Waals surface area contributed by atoms with Crippen LogP contribution in [0.15, 0.2) is 0 Å². The zero-order valence-electron chi connectivity index (χ0n) is 16.6. The van der Waals surface area contributed by atoms with Crippen LogP contribution in [0.1, 0.15) is 85.5 Å². The number of esters is 1. The van der Waals surface area contributed by atoms with Gasteiger partial charge in [0.25, 0.3) is 0 Å². The number of hydrogen-bond donors (Lipinski definition) is 1. The van der Waals surface area contributed by atoms with E-state index in [0.29, 0.717) is 29.3 Å². The smallest absolute Gasteiger partial charge is 0.302 e. The molecule has 0 saturated heterocycles. The molecule has 4 aliphatic carbocycles. The maximum atomic E-state index is 11.4. The predicted molar refractivity (Wildman–Crippen MR) is 97.9 cm³/mol. The van der Waals surface area contributed by atoms with Crippen LogP contribution in [0, 0.1) is 34.0 Å². The Morgan fingerprint density at radius 3 is 2.56 bits per heavy atom. The molecule has 4 saturated carbocycles. The number of rotatable bonds is 2. The van der Waals surface area contributed by atoms with Gasteiger partial charge in [-0.25, -0.2) is 0 Å². The third-order valence-corrected chi connectivity index (χ3v) is 9.52. The second kappa shape index (κ2) is 5.47. The summed E-state index contributed by atoms with van der Waals surface area (Å²) in [5.74, 6) is 1.79. The van der Waals surface area contributed by atoms with Crippen molar-refractivity contribution in [3.05, 3.63) is 0 Å². The lowest BCUT2D eigenvalue weighted by Gasteiger charge is -2.65. The van der Waals surface area contributed by atoms with Crippen molar-refractivity contribution in [3.63, 3.8) is 0 Å². The monoisotopic (exact) mass is 348 g/mol. The molecule has 4 fully saturated rings. The van der Waals surface area contributed by atoms with Gasteiger partial charge in [0.05, 0.1) is 12.2 Å². The molecule has 0 radical (unpaired) electrons. The molecule has 1 spiro atoms. The molecule has 0 unspecified atom stereocenters. The largest absolute Gasteiger partial charge is 0.465 e. The normalized spacial score (nSPS) is 54.5. The van der Waals surface area contributed by atoms with Gasteiger partial charge in [-0.15, -0.1) is 0 Å². The van der Waals surface area contributed by atoms with Gasteiger partial charge in [-0.2, -0.15) is 0 Å². The fourth-order valence-corrected chi connectivity index (χ4v) is 8.15. The third kappa shape index (κ3) is 2.37. The zero-order chi connectivity index (χ0) is 18.1. The van der Waals surface area contributed by atoms with E-state index in [2.05, 4.69) is 20.8 Å². The Morgan fingerprint density at radius 1 is 1.08 bits per heavy atom. The lowest BCUT2D eigenvalue weighted by atomic mass is 9.39. The van der Waals surface area contributed by atoms with Crippen LogP contribution in [-0.4, -0.2) is 23.3 Å². The van der Waals surface area contributed by atoms with Crippen LogP contribution in [0.5, 0.6) is 0 Å². The fourth-order valence-electron chi connectivity index (χ4n) is 8.15. The molecule has 4 rings (SSSR count). The van der Waals surface area contributed by atoms with E-state index < -0.39 is 5.60 Å². The first-order chi connectivity index (χ1) is 11.6. The van der Waals surface area contributed by atoms with Gasteiger partial charge in [0.2, 0.25) is 0 Å². The number of carbonyl (C=O) groups is 1. The average molecular weight is 349 g/mol. The SMILES string of the molecule is CC(=O)OC[C@@]1(C)CCC[C@@]2(C)[C@H]1CC[C@H]1C[C@H]3C[C@]12CC[C@]3(C)O. The minimum atomic E-state index is -0.454. The van der Waals surface area contributed by atoms with E-state index in [0.717, 1.165) is 12.3 Å². The molecule has 0 aromatic rings. The highest BCUT2D eigenvalue weighted by Gasteiger charge is 2.68. The maximum absolute atomic E-state index is 11.4. The summed E-state index contributed by atoms with van der Waals surface area (Å²) in [6, 6.07) is 0. The Hall–Kier alpha value is -0.570. The molecule has 0 heterocycles. The topological polar surface area (TPSA) is 46.5 Å². The molecule has 3 nitrogen and oxygen atoms in total. The molecule has 4 aliphatic rings. The van der Waals surface area contributed by atoms with E-state index in [1.165, 1.54) is 58.3 Å². The first-order valence-corrected chi connectivity index (χ1v) is 10.5. The quantitative estimate of drug-likeness (QED) is 0.735. The van der Waals surface area contributed by atoms with E-state index in [-0.39, 0.29) is 11.4 Å². The molecule has 2 bridgehead atoms. The van der Waals surface area contributed by atoms with Crippen molar-refractivity contribution in [2.24, 2.45) is 34.0 Å². The van der Waals surface area contributed by atoms with Crippen molar-refractivity contribution in [1.82, 2.24) is 0 Å². The number of aliphatic hydroxyl groups is 1. The van der Waals surface area contributed by atoms with Crippen LogP contribution >= 0.6 is 0 Å². The number of ether oxygens (including phenoxy) is 1. The number of hydrogen-bond acceptors (Lipinski definition) is 3. The van der Waals surface area contributed by atoms with Gasteiger partial charge < -0.3 is 9.84 Å². The van der Waals surface area contributed by atoms with Crippen LogP contribution < -0.4 is 0 Å². The highest BCUT2D eigenvalue weighted by molar-refractivity contribution is 5.65. The minimum absolute atomic E-state index is 0.121. The molecule has 0 aromatic heterocycles. The molecule has 0 amide bonds. The van der Waals surface area contributed by atoms with Crippen molar-refractivity contribution in [2.75, 3.05) is 6.61 Å². The first-order valence-electron chi connectivity index (χ1n) is 10.5. The minimum Gasteiger partial charge on any atom is -0.465 e. The van der Waals surface area contributed by atoms with E-state index in [9.17, 15) is 9.90 Å². The van der Waals surface area contributed by atoms with Gasteiger partial charge in [0.15, 0.2) is 0 Å². The molecule has 25 heavy (non-hydrogen) atoms. The Labute approximate surface area is 152 Å². The average Bonchev–Trinajstić information content (AvgIpc) is 2.88. The van der Waals surface area contributed by atoms with Gasteiger partial charge in [-0.1, -0.05) is 20.3 Å². The summed E-state index contributed by atoms with van der Waals surface area (Å²) in [4.78, 5) is 11.4. The Balaban J connectivity index is 1.67. The van der Waals surface area contributed by atoms with Crippen LogP contribution in [0.4, 0.5) is 0 Å². The fraction of sp³-hybridized carbons (Fsp3) is 0.955. The van der Waals surface area contributed by atoms with E-state index in [1.807, 2.05) is 0 Å². The zero-order valence-corrected chi connectivity index (χ0v) is 16.6. The molecule has 1 N–H and O–H groups in total. The predicted octanol–water partition coefficient (Wildman–Crippen LogP) is 4.71. The Morgan fingerprint density at radius 2 is 1.84 bits per heavy atom.